The van der Waals surface area contributed by atoms with Crippen molar-refractivity contribution in [3.05, 3.63) is 24.0 Å². The molecule has 6 nitrogen and oxygen atoms in total. The molecule has 1 aromatic rings. The van der Waals surface area contributed by atoms with Gasteiger partial charge in [0.15, 0.2) is 0 Å². The molecule has 2 amide bonds. The number of anilines is 1. The Kier molecular flexibility index (Phi) is 2.88. The van der Waals surface area contributed by atoms with Crippen molar-refractivity contribution >= 4 is 17.5 Å². The lowest BCUT2D eigenvalue weighted by atomic mass is 9.93. The van der Waals surface area contributed by atoms with Crippen LogP contribution in [0.4, 0.5) is 5.69 Å². The lowest BCUT2D eigenvalue weighted by Crippen LogP contribution is -2.52. The number of hydrogen-bond donors (Lipinski definition) is 1. The van der Waals surface area contributed by atoms with Crippen molar-refractivity contribution in [2.24, 2.45) is 11.3 Å². The Bertz CT molecular complexity index is 707. The SMILES string of the molecule is C#CC(=O)N1CC2(C[C@H]2C(=O)Nc2cnccc2C#N)C1. The molecule has 6 heteroatoms. The van der Waals surface area contributed by atoms with Crippen LogP contribution in [0.15, 0.2) is 18.5 Å². The lowest BCUT2D eigenvalue weighted by molar-refractivity contribution is -0.134. The van der Waals surface area contributed by atoms with E-state index in [0.717, 1.165) is 6.42 Å². The molecule has 0 unspecified atom stereocenters. The smallest absolute Gasteiger partial charge is 0.298 e. The zero-order valence-electron chi connectivity index (χ0n) is 11.2. The van der Waals surface area contributed by atoms with Crippen LogP contribution in [0, 0.1) is 35.0 Å². The summed E-state index contributed by atoms with van der Waals surface area (Å²) in [7, 11) is 0. The fourth-order valence-corrected chi connectivity index (χ4v) is 2.83. The first kappa shape index (κ1) is 13.1. The normalized spacial score (nSPS) is 20.9. The van der Waals surface area contributed by atoms with Crippen LogP contribution in [0.25, 0.3) is 0 Å². The first-order chi connectivity index (χ1) is 10.1. The predicted octanol–water partition coefficient (Wildman–Crippen LogP) is 0.373. The number of amides is 2. The summed E-state index contributed by atoms with van der Waals surface area (Å²) in [6, 6.07) is 3.56. The molecule has 2 heterocycles. The molecule has 2 fully saturated rings. The van der Waals surface area contributed by atoms with Crippen molar-refractivity contribution in [2.45, 2.75) is 6.42 Å². The van der Waals surface area contributed by atoms with Crippen LogP contribution in [0.2, 0.25) is 0 Å². The summed E-state index contributed by atoms with van der Waals surface area (Å²) in [6.07, 6.45) is 8.77. The van der Waals surface area contributed by atoms with Crippen molar-refractivity contribution in [1.82, 2.24) is 9.88 Å². The fraction of sp³-hybridized carbons (Fsp3) is 0.333. The van der Waals surface area contributed by atoms with E-state index in [1.54, 1.807) is 11.0 Å². The van der Waals surface area contributed by atoms with E-state index in [9.17, 15) is 9.59 Å². The van der Waals surface area contributed by atoms with Crippen LogP contribution in [0.3, 0.4) is 0 Å². The molecule has 1 N–H and O–H groups in total. The number of nitrogens with one attached hydrogen (secondary N) is 1. The Morgan fingerprint density at radius 2 is 2.29 bits per heavy atom. The van der Waals surface area contributed by atoms with Gasteiger partial charge in [-0.3, -0.25) is 14.6 Å². The minimum Gasteiger partial charge on any atom is -0.331 e. The molecule has 2 aliphatic rings. The molecule has 1 atom stereocenters. The molecule has 3 rings (SSSR count). The third-order valence-corrected chi connectivity index (χ3v) is 4.13. The third-order valence-electron chi connectivity index (χ3n) is 4.13. The molecule has 1 saturated carbocycles. The van der Waals surface area contributed by atoms with Gasteiger partial charge in [-0.25, -0.2) is 0 Å². The zero-order valence-corrected chi connectivity index (χ0v) is 11.2. The largest absolute Gasteiger partial charge is 0.331 e. The van der Waals surface area contributed by atoms with Crippen molar-refractivity contribution in [3.63, 3.8) is 0 Å². The van der Waals surface area contributed by atoms with Crippen molar-refractivity contribution < 1.29 is 9.59 Å². The van der Waals surface area contributed by atoms with Gasteiger partial charge < -0.3 is 10.2 Å². The van der Waals surface area contributed by atoms with Gasteiger partial charge in [-0.05, 0) is 18.4 Å². The van der Waals surface area contributed by atoms with Gasteiger partial charge in [0, 0.05) is 30.6 Å². The standard InChI is InChI=1S/C15H12N4O2/c1-2-13(20)19-8-15(9-19)5-11(15)14(21)18-12-7-17-4-3-10(12)6-16/h1,3-4,7,11H,5,8-9H2,(H,18,21)/t11-/m0/s1. The number of nitrogens with zero attached hydrogens (tertiary/aromatic N) is 3. The highest BCUT2D eigenvalue weighted by atomic mass is 16.2. The molecule has 1 aromatic heterocycles. The van der Waals surface area contributed by atoms with E-state index in [1.807, 2.05) is 6.07 Å². The molecule has 0 bridgehead atoms. The Morgan fingerprint density at radius 1 is 1.52 bits per heavy atom. The number of carbonyl (C=O) groups excluding carboxylic acids is 2. The summed E-state index contributed by atoms with van der Waals surface area (Å²) in [5.74, 6) is 1.48. The third kappa shape index (κ3) is 2.11. The minimum atomic E-state index is -0.328. The summed E-state index contributed by atoms with van der Waals surface area (Å²) in [5.41, 5.74) is 0.680. The highest BCUT2D eigenvalue weighted by molar-refractivity contribution is 5.97. The second-order valence-electron chi connectivity index (χ2n) is 5.45. The number of nitriles is 1. The molecule has 1 saturated heterocycles. The van der Waals surface area contributed by atoms with E-state index >= 15 is 0 Å². The zero-order chi connectivity index (χ0) is 15.0. The monoisotopic (exact) mass is 280 g/mol. The van der Waals surface area contributed by atoms with Gasteiger partial charge in [0.2, 0.25) is 5.91 Å². The Hall–Kier alpha value is -2.86. The van der Waals surface area contributed by atoms with E-state index in [0.29, 0.717) is 24.3 Å². The molecule has 0 radical (unpaired) electrons. The van der Waals surface area contributed by atoms with Gasteiger partial charge in [0.25, 0.3) is 5.91 Å². The average molecular weight is 280 g/mol. The summed E-state index contributed by atoms with van der Waals surface area (Å²) < 4.78 is 0. The van der Waals surface area contributed by atoms with Gasteiger partial charge >= 0.3 is 0 Å². The second kappa shape index (κ2) is 4.60. The van der Waals surface area contributed by atoms with E-state index in [1.165, 1.54) is 12.4 Å². The predicted molar refractivity (Wildman–Crippen MR) is 73.5 cm³/mol. The highest BCUT2D eigenvalue weighted by Gasteiger charge is 2.65. The number of aromatic nitrogens is 1. The van der Waals surface area contributed by atoms with E-state index < -0.39 is 0 Å². The second-order valence-corrected chi connectivity index (χ2v) is 5.45. The van der Waals surface area contributed by atoms with Gasteiger partial charge in [-0.2, -0.15) is 5.26 Å². The van der Waals surface area contributed by atoms with Gasteiger partial charge in [-0.15, -0.1) is 6.42 Å². The minimum absolute atomic E-state index is 0.119. The molecule has 1 spiro atoms. The van der Waals surface area contributed by atoms with Crippen LogP contribution >= 0.6 is 0 Å². The maximum atomic E-state index is 12.2. The first-order valence-corrected chi connectivity index (χ1v) is 6.50. The molecular formula is C15H12N4O2. The Labute approximate surface area is 121 Å². The number of rotatable bonds is 2. The van der Waals surface area contributed by atoms with Crippen LogP contribution in [0.1, 0.15) is 12.0 Å². The maximum Gasteiger partial charge on any atom is 0.298 e. The number of carbonyl (C=O) groups is 2. The van der Waals surface area contributed by atoms with E-state index in [4.69, 9.17) is 11.7 Å². The van der Waals surface area contributed by atoms with Crippen molar-refractivity contribution in [1.29, 1.82) is 5.26 Å². The molecule has 0 aromatic carbocycles. The Morgan fingerprint density at radius 3 is 2.95 bits per heavy atom. The summed E-state index contributed by atoms with van der Waals surface area (Å²) in [5, 5.41) is 11.7. The van der Waals surface area contributed by atoms with Crippen LogP contribution in [0.5, 0.6) is 0 Å². The first-order valence-electron chi connectivity index (χ1n) is 6.50. The number of terminal acetylenes is 1. The van der Waals surface area contributed by atoms with Crippen LogP contribution in [-0.2, 0) is 9.59 Å². The number of pyridine rings is 1. The summed E-state index contributed by atoms with van der Waals surface area (Å²) >= 11 is 0. The molecule has 1 aliphatic carbocycles. The summed E-state index contributed by atoms with van der Waals surface area (Å²) in [4.78, 5) is 29.0. The fourth-order valence-electron chi connectivity index (χ4n) is 2.83. The number of likely N-dealkylation sites (tertiary alicyclic amines) is 1. The van der Waals surface area contributed by atoms with Gasteiger partial charge in [-0.1, -0.05) is 0 Å². The van der Waals surface area contributed by atoms with Crippen LogP contribution < -0.4 is 5.32 Å². The Balaban J connectivity index is 1.61. The molecular weight excluding hydrogens is 268 g/mol. The maximum absolute atomic E-state index is 12.2. The number of hydrogen-bond acceptors (Lipinski definition) is 4. The quantitative estimate of drug-likeness (QED) is 0.793. The average Bonchev–Trinajstić information content (AvgIpc) is 3.21. The van der Waals surface area contributed by atoms with Gasteiger partial charge in [0.05, 0.1) is 17.4 Å². The van der Waals surface area contributed by atoms with Gasteiger partial charge in [0.1, 0.15) is 6.07 Å². The van der Waals surface area contributed by atoms with E-state index in [-0.39, 0.29) is 23.1 Å². The lowest BCUT2D eigenvalue weighted by Gasteiger charge is -2.39. The molecule has 21 heavy (non-hydrogen) atoms. The van der Waals surface area contributed by atoms with E-state index in [2.05, 4.69) is 16.2 Å². The van der Waals surface area contributed by atoms with Crippen LogP contribution in [-0.4, -0.2) is 34.8 Å². The summed E-state index contributed by atoms with van der Waals surface area (Å²) in [6.45, 7) is 1.07. The topological polar surface area (TPSA) is 86.1 Å². The highest BCUT2D eigenvalue weighted by Crippen LogP contribution is 2.58. The van der Waals surface area contributed by atoms with Crippen molar-refractivity contribution in [2.75, 3.05) is 18.4 Å². The van der Waals surface area contributed by atoms with Crippen molar-refractivity contribution in [3.8, 4) is 18.4 Å². The molecule has 104 valence electrons. The molecule has 1 aliphatic heterocycles.